The Bertz CT molecular complexity index is 514. The van der Waals surface area contributed by atoms with E-state index in [1.54, 1.807) is 12.3 Å². The van der Waals surface area contributed by atoms with Crippen LogP contribution in [0.2, 0.25) is 10.0 Å². The van der Waals surface area contributed by atoms with E-state index in [0.29, 0.717) is 10.0 Å². The standard InChI is InChI=1S/C14H14Cl2N2/c1-18(10-13-4-2-3-7-17-13)9-11-5-6-12(15)8-14(11)16/h2-8H,9-10H2,1H3. The average Bonchev–Trinajstić information content (AvgIpc) is 2.34. The molecule has 2 aromatic rings. The van der Waals surface area contributed by atoms with Gasteiger partial charge in [-0.15, -0.1) is 0 Å². The lowest BCUT2D eigenvalue weighted by atomic mass is 10.2. The van der Waals surface area contributed by atoms with Gasteiger partial charge in [-0.25, -0.2) is 0 Å². The second-order valence-corrected chi connectivity index (χ2v) is 5.07. The first kappa shape index (κ1) is 13.3. The maximum atomic E-state index is 6.15. The molecule has 94 valence electrons. The monoisotopic (exact) mass is 280 g/mol. The molecule has 0 fully saturated rings. The fraction of sp³-hybridized carbons (Fsp3) is 0.214. The number of pyridine rings is 1. The van der Waals surface area contributed by atoms with Crippen LogP contribution in [0.1, 0.15) is 11.3 Å². The number of hydrogen-bond acceptors (Lipinski definition) is 2. The Morgan fingerprint density at radius 2 is 1.94 bits per heavy atom. The molecule has 2 nitrogen and oxygen atoms in total. The van der Waals surface area contributed by atoms with Crippen LogP contribution in [-0.2, 0) is 13.1 Å². The molecule has 2 rings (SSSR count). The van der Waals surface area contributed by atoms with Crippen LogP contribution in [-0.4, -0.2) is 16.9 Å². The van der Waals surface area contributed by atoms with Crippen molar-refractivity contribution in [3.05, 3.63) is 63.9 Å². The molecule has 0 saturated carbocycles. The van der Waals surface area contributed by atoms with Crippen molar-refractivity contribution in [2.45, 2.75) is 13.1 Å². The summed E-state index contributed by atoms with van der Waals surface area (Å²) in [5.74, 6) is 0. The summed E-state index contributed by atoms with van der Waals surface area (Å²) >= 11 is 12.0. The summed E-state index contributed by atoms with van der Waals surface area (Å²) in [7, 11) is 2.04. The van der Waals surface area contributed by atoms with Gasteiger partial charge >= 0.3 is 0 Å². The van der Waals surface area contributed by atoms with Crippen LogP contribution in [0.25, 0.3) is 0 Å². The van der Waals surface area contributed by atoms with E-state index in [4.69, 9.17) is 23.2 Å². The van der Waals surface area contributed by atoms with Crippen LogP contribution in [0.3, 0.4) is 0 Å². The minimum absolute atomic E-state index is 0.663. The van der Waals surface area contributed by atoms with E-state index in [1.165, 1.54) is 0 Å². The Morgan fingerprint density at radius 1 is 1.11 bits per heavy atom. The van der Waals surface area contributed by atoms with Crippen LogP contribution < -0.4 is 0 Å². The van der Waals surface area contributed by atoms with Crippen molar-refractivity contribution < 1.29 is 0 Å². The molecule has 1 aromatic carbocycles. The first-order valence-corrected chi connectivity index (χ1v) is 6.43. The summed E-state index contributed by atoms with van der Waals surface area (Å²) < 4.78 is 0. The van der Waals surface area contributed by atoms with Crippen LogP contribution >= 0.6 is 23.2 Å². The first-order chi connectivity index (χ1) is 8.65. The van der Waals surface area contributed by atoms with Crippen molar-refractivity contribution in [2.24, 2.45) is 0 Å². The smallest absolute Gasteiger partial charge is 0.0543 e. The van der Waals surface area contributed by atoms with Crippen LogP contribution in [0, 0.1) is 0 Å². The minimum Gasteiger partial charge on any atom is -0.296 e. The quantitative estimate of drug-likeness (QED) is 0.841. The molecule has 0 aliphatic rings. The number of benzene rings is 1. The van der Waals surface area contributed by atoms with Gasteiger partial charge in [-0.05, 0) is 36.9 Å². The van der Waals surface area contributed by atoms with E-state index in [2.05, 4.69) is 9.88 Å². The van der Waals surface area contributed by atoms with Gasteiger partial charge in [0.1, 0.15) is 0 Å². The third-order valence-corrected chi connectivity index (χ3v) is 3.20. The molecular weight excluding hydrogens is 267 g/mol. The first-order valence-electron chi connectivity index (χ1n) is 5.67. The molecule has 0 spiro atoms. The van der Waals surface area contributed by atoms with Gasteiger partial charge in [-0.3, -0.25) is 9.88 Å². The van der Waals surface area contributed by atoms with Crippen molar-refractivity contribution >= 4 is 23.2 Å². The summed E-state index contributed by atoms with van der Waals surface area (Å²) in [6, 6.07) is 11.5. The van der Waals surface area contributed by atoms with Gasteiger partial charge in [-0.1, -0.05) is 35.3 Å². The highest BCUT2D eigenvalue weighted by Gasteiger charge is 2.06. The third-order valence-electron chi connectivity index (χ3n) is 2.61. The summed E-state index contributed by atoms with van der Waals surface area (Å²) in [6.07, 6.45) is 1.80. The molecule has 0 atom stereocenters. The zero-order valence-electron chi connectivity index (χ0n) is 10.1. The maximum Gasteiger partial charge on any atom is 0.0543 e. The van der Waals surface area contributed by atoms with E-state index in [-0.39, 0.29) is 0 Å². The number of nitrogens with zero attached hydrogens (tertiary/aromatic N) is 2. The molecule has 18 heavy (non-hydrogen) atoms. The number of halogens is 2. The SMILES string of the molecule is CN(Cc1ccccn1)Cc1ccc(Cl)cc1Cl. The lowest BCUT2D eigenvalue weighted by Gasteiger charge is -2.17. The van der Waals surface area contributed by atoms with Gasteiger partial charge in [0, 0.05) is 29.3 Å². The van der Waals surface area contributed by atoms with E-state index in [0.717, 1.165) is 24.3 Å². The third kappa shape index (κ3) is 3.70. The van der Waals surface area contributed by atoms with Crippen LogP contribution in [0.5, 0.6) is 0 Å². The van der Waals surface area contributed by atoms with E-state index in [9.17, 15) is 0 Å². The second-order valence-electron chi connectivity index (χ2n) is 4.23. The molecule has 4 heteroatoms. The lowest BCUT2D eigenvalue weighted by molar-refractivity contribution is 0.315. The predicted molar refractivity (Wildman–Crippen MR) is 75.9 cm³/mol. The largest absolute Gasteiger partial charge is 0.296 e. The normalized spacial score (nSPS) is 10.9. The number of hydrogen-bond donors (Lipinski definition) is 0. The van der Waals surface area contributed by atoms with Gasteiger partial charge in [0.25, 0.3) is 0 Å². The molecule has 0 amide bonds. The fourth-order valence-corrected chi connectivity index (χ4v) is 2.23. The summed E-state index contributed by atoms with van der Waals surface area (Å²) in [5, 5.41) is 1.37. The maximum absolute atomic E-state index is 6.15. The fourth-order valence-electron chi connectivity index (χ4n) is 1.76. The summed E-state index contributed by atoms with van der Waals surface area (Å²) in [6.45, 7) is 1.56. The summed E-state index contributed by atoms with van der Waals surface area (Å²) in [5.41, 5.74) is 2.12. The minimum atomic E-state index is 0.663. The molecular formula is C14H14Cl2N2. The Hall–Kier alpha value is -1.09. The van der Waals surface area contributed by atoms with E-state index in [1.807, 2.05) is 37.4 Å². The zero-order chi connectivity index (χ0) is 13.0. The molecule has 0 bridgehead atoms. The van der Waals surface area contributed by atoms with Crippen molar-refractivity contribution in [2.75, 3.05) is 7.05 Å². The average molecular weight is 281 g/mol. The highest BCUT2D eigenvalue weighted by Crippen LogP contribution is 2.22. The van der Waals surface area contributed by atoms with Gasteiger partial charge in [0.05, 0.1) is 5.69 Å². The van der Waals surface area contributed by atoms with Gasteiger partial charge < -0.3 is 0 Å². The topological polar surface area (TPSA) is 16.1 Å². The van der Waals surface area contributed by atoms with E-state index >= 15 is 0 Å². The van der Waals surface area contributed by atoms with Crippen molar-refractivity contribution in [3.63, 3.8) is 0 Å². The second kappa shape index (κ2) is 6.19. The molecule has 0 radical (unpaired) electrons. The summed E-state index contributed by atoms with van der Waals surface area (Å²) in [4.78, 5) is 6.47. The number of rotatable bonds is 4. The molecule has 0 unspecified atom stereocenters. The zero-order valence-corrected chi connectivity index (χ0v) is 11.6. The van der Waals surface area contributed by atoms with Gasteiger partial charge in [0.15, 0.2) is 0 Å². The molecule has 1 heterocycles. The highest BCUT2D eigenvalue weighted by molar-refractivity contribution is 6.35. The lowest BCUT2D eigenvalue weighted by Crippen LogP contribution is -2.18. The Labute approximate surface area is 117 Å². The predicted octanol–water partition coefficient (Wildman–Crippen LogP) is 4.02. The van der Waals surface area contributed by atoms with Crippen LogP contribution in [0.4, 0.5) is 0 Å². The Morgan fingerprint density at radius 3 is 2.61 bits per heavy atom. The van der Waals surface area contributed by atoms with Crippen molar-refractivity contribution in [3.8, 4) is 0 Å². The molecule has 0 N–H and O–H groups in total. The highest BCUT2D eigenvalue weighted by atomic mass is 35.5. The molecule has 0 aliphatic heterocycles. The molecule has 1 aromatic heterocycles. The van der Waals surface area contributed by atoms with E-state index < -0.39 is 0 Å². The van der Waals surface area contributed by atoms with Crippen LogP contribution in [0.15, 0.2) is 42.6 Å². The Balaban J connectivity index is 2.01. The molecule has 0 aliphatic carbocycles. The molecule has 0 saturated heterocycles. The van der Waals surface area contributed by atoms with Crippen molar-refractivity contribution in [1.82, 2.24) is 9.88 Å². The Kier molecular flexibility index (Phi) is 4.59. The van der Waals surface area contributed by atoms with Gasteiger partial charge in [-0.2, -0.15) is 0 Å². The van der Waals surface area contributed by atoms with Crippen molar-refractivity contribution in [1.29, 1.82) is 0 Å². The van der Waals surface area contributed by atoms with Gasteiger partial charge in [0.2, 0.25) is 0 Å². The number of aromatic nitrogens is 1.